The van der Waals surface area contributed by atoms with Gasteiger partial charge in [0.2, 0.25) is 0 Å². The molecule has 0 fully saturated rings. The van der Waals surface area contributed by atoms with E-state index < -0.39 is 36.1 Å². The summed E-state index contributed by atoms with van der Waals surface area (Å²) >= 11 is 0. The van der Waals surface area contributed by atoms with Crippen molar-refractivity contribution < 1.29 is 37.0 Å². The van der Waals surface area contributed by atoms with Crippen LogP contribution in [0.15, 0.2) is 53.6 Å². The summed E-state index contributed by atoms with van der Waals surface area (Å²) in [5, 5.41) is 8.33. The van der Waals surface area contributed by atoms with Gasteiger partial charge in [0.1, 0.15) is 5.75 Å². The van der Waals surface area contributed by atoms with E-state index >= 15 is 0 Å². The predicted molar refractivity (Wildman–Crippen MR) is 126 cm³/mol. The van der Waals surface area contributed by atoms with E-state index in [-0.39, 0.29) is 24.1 Å². The minimum absolute atomic E-state index is 0.0835. The molecule has 2 aromatic carbocycles. The zero-order chi connectivity index (χ0) is 26.6. The van der Waals surface area contributed by atoms with Crippen LogP contribution in [0.2, 0.25) is 0 Å². The summed E-state index contributed by atoms with van der Waals surface area (Å²) in [6.45, 7) is 3.98. The number of nitrogens with one attached hydrogen (secondary N) is 3. The molecule has 12 heteroatoms. The van der Waals surface area contributed by atoms with Gasteiger partial charge in [-0.1, -0.05) is 24.3 Å². The summed E-state index contributed by atoms with van der Waals surface area (Å²) in [5.74, 6) is -2.32. The molecular formula is C24H27F3N4O5. The van der Waals surface area contributed by atoms with Gasteiger partial charge in [0.25, 0.3) is 5.91 Å². The molecule has 0 saturated carbocycles. The fraction of sp³-hybridized carbons (Fsp3) is 0.333. The van der Waals surface area contributed by atoms with Gasteiger partial charge in [-0.2, -0.15) is 18.3 Å². The number of benzene rings is 2. The summed E-state index contributed by atoms with van der Waals surface area (Å²) in [5.41, 5.74) is 1.23. The molecule has 2 rings (SSSR count). The number of nitrogens with zero attached hydrogens (tertiary/aromatic N) is 1. The van der Waals surface area contributed by atoms with Gasteiger partial charge >= 0.3 is 18.0 Å². The minimum Gasteiger partial charge on any atom is -0.484 e. The Morgan fingerprint density at radius 3 is 2.53 bits per heavy atom. The van der Waals surface area contributed by atoms with Gasteiger partial charge in [0, 0.05) is 13.2 Å². The van der Waals surface area contributed by atoms with Crippen LogP contribution in [-0.4, -0.2) is 49.8 Å². The Balaban J connectivity index is 1.80. The molecule has 0 spiro atoms. The van der Waals surface area contributed by atoms with E-state index in [0.717, 1.165) is 12.1 Å². The number of ether oxygens (including phenoxy) is 2. The van der Waals surface area contributed by atoms with Crippen LogP contribution < -0.4 is 20.8 Å². The first-order valence-electron chi connectivity index (χ1n) is 11.0. The maximum absolute atomic E-state index is 13.0. The Morgan fingerprint density at radius 1 is 1.06 bits per heavy atom. The Morgan fingerprint density at radius 2 is 1.81 bits per heavy atom. The van der Waals surface area contributed by atoms with Crippen molar-refractivity contribution in [3.63, 3.8) is 0 Å². The Labute approximate surface area is 206 Å². The summed E-state index contributed by atoms with van der Waals surface area (Å²) in [6, 6.07) is 10.8. The number of para-hydroxylation sites is 1. The van der Waals surface area contributed by atoms with E-state index in [9.17, 15) is 27.6 Å². The number of anilines is 1. The van der Waals surface area contributed by atoms with Gasteiger partial charge in [-0.25, -0.2) is 5.43 Å². The molecule has 0 aliphatic rings. The van der Waals surface area contributed by atoms with Gasteiger partial charge in [0.15, 0.2) is 6.61 Å². The SMILES string of the molecule is CC(C)OCCCNC(=O)C(=O)N/N=C\c1cccc(OCC(=O)Nc2ccccc2C(F)(F)F)c1. The van der Waals surface area contributed by atoms with Crippen LogP contribution in [0.5, 0.6) is 5.75 Å². The van der Waals surface area contributed by atoms with E-state index in [1.807, 2.05) is 13.8 Å². The molecule has 194 valence electrons. The van der Waals surface area contributed by atoms with E-state index in [4.69, 9.17) is 9.47 Å². The Bertz CT molecular complexity index is 1070. The highest BCUT2D eigenvalue weighted by atomic mass is 19.4. The summed E-state index contributed by atoms with van der Waals surface area (Å²) in [7, 11) is 0. The van der Waals surface area contributed by atoms with Gasteiger partial charge in [0.05, 0.1) is 23.6 Å². The minimum atomic E-state index is -4.61. The third kappa shape index (κ3) is 10.1. The van der Waals surface area contributed by atoms with Crippen molar-refractivity contribution in [1.82, 2.24) is 10.7 Å². The molecule has 0 saturated heterocycles. The largest absolute Gasteiger partial charge is 0.484 e. The number of hydrogen-bond donors (Lipinski definition) is 3. The van der Waals surface area contributed by atoms with Crippen LogP contribution in [0.25, 0.3) is 0 Å². The molecule has 2 aromatic rings. The predicted octanol–water partition coefficient (Wildman–Crippen LogP) is 3.10. The fourth-order valence-electron chi connectivity index (χ4n) is 2.75. The highest BCUT2D eigenvalue weighted by molar-refractivity contribution is 6.35. The lowest BCUT2D eigenvalue weighted by Crippen LogP contribution is -2.38. The topological polar surface area (TPSA) is 118 Å². The molecule has 0 aromatic heterocycles. The number of hydrogen-bond acceptors (Lipinski definition) is 6. The molecule has 0 aliphatic carbocycles. The number of rotatable bonds is 11. The molecular weight excluding hydrogens is 481 g/mol. The highest BCUT2D eigenvalue weighted by Crippen LogP contribution is 2.34. The Hall–Kier alpha value is -3.93. The van der Waals surface area contributed by atoms with Crippen molar-refractivity contribution in [3.05, 3.63) is 59.7 Å². The van der Waals surface area contributed by atoms with Gasteiger partial charge in [-0.15, -0.1) is 0 Å². The summed E-state index contributed by atoms with van der Waals surface area (Å²) in [4.78, 5) is 35.6. The van der Waals surface area contributed by atoms with Crippen LogP contribution in [-0.2, 0) is 25.3 Å². The first-order valence-corrected chi connectivity index (χ1v) is 11.0. The molecule has 3 amide bonds. The molecule has 0 heterocycles. The number of alkyl halides is 3. The number of hydrazone groups is 1. The van der Waals surface area contributed by atoms with Crippen LogP contribution >= 0.6 is 0 Å². The number of halogens is 3. The number of amides is 3. The summed E-state index contributed by atoms with van der Waals surface area (Å²) in [6.07, 6.45) is -2.72. The zero-order valence-corrected chi connectivity index (χ0v) is 19.7. The molecule has 0 radical (unpaired) electrons. The molecule has 0 bridgehead atoms. The van der Waals surface area contributed by atoms with Crippen molar-refractivity contribution in [2.75, 3.05) is 25.1 Å². The smallest absolute Gasteiger partial charge is 0.418 e. The Kier molecular flexibility index (Phi) is 10.9. The molecule has 3 N–H and O–H groups in total. The number of carbonyl (C=O) groups is 3. The standard InChI is InChI=1S/C24H27F3N4O5/c1-16(2)35-12-6-11-28-22(33)23(34)31-29-14-17-7-5-8-18(13-17)36-15-21(32)30-20-10-4-3-9-19(20)24(25,26)27/h3-5,7-10,13-14,16H,6,11-12,15H2,1-2H3,(H,28,33)(H,30,32)(H,31,34)/b29-14-. The third-order valence-electron chi connectivity index (χ3n) is 4.38. The van der Waals surface area contributed by atoms with E-state index in [0.29, 0.717) is 18.6 Å². The highest BCUT2D eigenvalue weighted by Gasteiger charge is 2.33. The second kappa shape index (κ2) is 13.8. The van der Waals surface area contributed by atoms with Crippen LogP contribution in [0.3, 0.4) is 0 Å². The molecule has 9 nitrogen and oxygen atoms in total. The van der Waals surface area contributed by atoms with Crippen molar-refractivity contribution >= 4 is 29.6 Å². The lowest BCUT2D eigenvalue weighted by molar-refractivity contribution is -0.139. The van der Waals surface area contributed by atoms with Gasteiger partial charge in [-0.05, 0) is 50.1 Å². The molecule has 36 heavy (non-hydrogen) atoms. The van der Waals surface area contributed by atoms with E-state index in [2.05, 4.69) is 21.2 Å². The average Bonchev–Trinajstić information content (AvgIpc) is 2.82. The van der Waals surface area contributed by atoms with E-state index in [1.54, 1.807) is 12.1 Å². The maximum atomic E-state index is 13.0. The average molecular weight is 508 g/mol. The zero-order valence-electron chi connectivity index (χ0n) is 19.7. The third-order valence-corrected chi connectivity index (χ3v) is 4.38. The van der Waals surface area contributed by atoms with Crippen molar-refractivity contribution in [2.45, 2.75) is 32.5 Å². The maximum Gasteiger partial charge on any atom is 0.418 e. The molecule has 0 atom stereocenters. The molecule has 0 aliphatic heterocycles. The monoisotopic (exact) mass is 508 g/mol. The van der Waals surface area contributed by atoms with E-state index in [1.165, 1.54) is 30.5 Å². The van der Waals surface area contributed by atoms with Crippen LogP contribution in [0.4, 0.5) is 18.9 Å². The molecule has 0 unspecified atom stereocenters. The second-order valence-electron chi connectivity index (χ2n) is 7.68. The fourth-order valence-corrected chi connectivity index (χ4v) is 2.75. The summed E-state index contributed by atoms with van der Waals surface area (Å²) < 4.78 is 49.8. The van der Waals surface area contributed by atoms with Crippen LogP contribution in [0.1, 0.15) is 31.4 Å². The normalized spacial score (nSPS) is 11.4. The first-order chi connectivity index (χ1) is 17.1. The van der Waals surface area contributed by atoms with Crippen LogP contribution in [0, 0.1) is 0 Å². The quantitative estimate of drug-likeness (QED) is 0.187. The number of carbonyl (C=O) groups excluding carboxylic acids is 3. The lowest BCUT2D eigenvalue weighted by atomic mass is 10.1. The second-order valence-corrected chi connectivity index (χ2v) is 7.68. The van der Waals surface area contributed by atoms with Crippen molar-refractivity contribution in [3.8, 4) is 5.75 Å². The lowest BCUT2D eigenvalue weighted by Gasteiger charge is -2.13. The van der Waals surface area contributed by atoms with Gasteiger partial charge in [-0.3, -0.25) is 14.4 Å². The first kappa shape index (κ1) is 28.3. The van der Waals surface area contributed by atoms with Crippen molar-refractivity contribution in [2.24, 2.45) is 5.10 Å². The van der Waals surface area contributed by atoms with Gasteiger partial charge < -0.3 is 20.1 Å². The van der Waals surface area contributed by atoms with Crippen molar-refractivity contribution in [1.29, 1.82) is 0 Å².